The molecule has 0 fully saturated rings. The standard InChI is InChI=1S/C22H19N3O3/c1-14-7-8-18-17(11-14)12-16(21(26)24-18)9-10-23-22(27)19-13-20(28-25-19)15-5-3-2-4-6-15/h2-8,11-13H,9-10H2,1H3,(H,23,27)(H,24,26). The molecule has 0 bridgehead atoms. The van der Waals surface area contributed by atoms with Crippen LogP contribution in [-0.4, -0.2) is 22.6 Å². The largest absolute Gasteiger partial charge is 0.355 e. The van der Waals surface area contributed by atoms with Crippen LogP contribution in [0, 0.1) is 6.92 Å². The smallest absolute Gasteiger partial charge is 0.273 e. The van der Waals surface area contributed by atoms with Gasteiger partial charge in [0, 0.05) is 29.3 Å². The van der Waals surface area contributed by atoms with Gasteiger partial charge in [-0.2, -0.15) is 0 Å². The van der Waals surface area contributed by atoms with E-state index in [0.717, 1.165) is 22.0 Å². The van der Waals surface area contributed by atoms with Crippen LogP contribution >= 0.6 is 0 Å². The van der Waals surface area contributed by atoms with E-state index in [9.17, 15) is 9.59 Å². The maximum Gasteiger partial charge on any atom is 0.273 e. The van der Waals surface area contributed by atoms with E-state index in [1.54, 1.807) is 6.07 Å². The Morgan fingerprint density at radius 2 is 1.93 bits per heavy atom. The van der Waals surface area contributed by atoms with Gasteiger partial charge in [-0.15, -0.1) is 0 Å². The number of H-pyrrole nitrogens is 1. The molecule has 140 valence electrons. The molecule has 6 heteroatoms. The second-order valence-electron chi connectivity index (χ2n) is 6.66. The zero-order valence-corrected chi connectivity index (χ0v) is 15.4. The number of benzene rings is 2. The van der Waals surface area contributed by atoms with E-state index in [1.807, 2.05) is 61.5 Å². The quantitative estimate of drug-likeness (QED) is 0.561. The van der Waals surface area contributed by atoms with Crippen molar-refractivity contribution in [3.63, 3.8) is 0 Å². The Bertz CT molecular complexity index is 1190. The zero-order chi connectivity index (χ0) is 19.5. The molecule has 2 aromatic heterocycles. The van der Waals surface area contributed by atoms with E-state index in [-0.39, 0.29) is 17.2 Å². The van der Waals surface area contributed by atoms with E-state index in [2.05, 4.69) is 15.5 Å². The third kappa shape index (κ3) is 3.71. The molecule has 1 amide bonds. The lowest BCUT2D eigenvalue weighted by Gasteiger charge is -2.05. The molecule has 0 aliphatic heterocycles. The van der Waals surface area contributed by atoms with Gasteiger partial charge in [0.2, 0.25) is 0 Å². The lowest BCUT2D eigenvalue weighted by Crippen LogP contribution is -2.27. The fourth-order valence-corrected chi connectivity index (χ4v) is 3.08. The average molecular weight is 373 g/mol. The van der Waals surface area contributed by atoms with Crippen molar-refractivity contribution in [2.75, 3.05) is 6.54 Å². The fourth-order valence-electron chi connectivity index (χ4n) is 3.08. The maximum absolute atomic E-state index is 12.3. The topological polar surface area (TPSA) is 88.0 Å². The molecule has 0 unspecified atom stereocenters. The Hall–Kier alpha value is -3.67. The average Bonchev–Trinajstić information content (AvgIpc) is 3.20. The first-order chi connectivity index (χ1) is 13.6. The van der Waals surface area contributed by atoms with Gasteiger partial charge in [-0.05, 0) is 36.9 Å². The van der Waals surface area contributed by atoms with E-state index >= 15 is 0 Å². The third-order valence-electron chi connectivity index (χ3n) is 4.56. The summed E-state index contributed by atoms with van der Waals surface area (Å²) in [6.45, 7) is 2.33. The molecule has 4 rings (SSSR count). The van der Waals surface area contributed by atoms with Gasteiger partial charge in [0.1, 0.15) is 0 Å². The number of rotatable bonds is 5. The predicted octanol–water partition coefficient (Wildman–Crippen LogP) is 3.46. The summed E-state index contributed by atoms with van der Waals surface area (Å²) in [4.78, 5) is 27.4. The molecule has 4 aromatic rings. The molecule has 2 aromatic carbocycles. The van der Waals surface area contributed by atoms with Crippen LogP contribution in [0.1, 0.15) is 21.6 Å². The minimum atomic E-state index is -0.334. The fraction of sp³-hybridized carbons (Fsp3) is 0.136. The molecular weight excluding hydrogens is 354 g/mol. The molecule has 0 saturated carbocycles. The number of nitrogens with zero attached hydrogens (tertiary/aromatic N) is 1. The Labute approximate surface area is 161 Å². The van der Waals surface area contributed by atoms with Gasteiger partial charge in [0.25, 0.3) is 11.5 Å². The molecular formula is C22H19N3O3. The lowest BCUT2D eigenvalue weighted by molar-refractivity contribution is 0.0945. The number of pyridine rings is 1. The summed E-state index contributed by atoms with van der Waals surface area (Å²) in [5.41, 5.74) is 3.48. The van der Waals surface area contributed by atoms with Crippen LogP contribution < -0.4 is 10.9 Å². The van der Waals surface area contributed by atoms with E-state index < -0.39 is 0 Å². The molecule has 0 spiro atoms. The van der Waals surface area contributed by atoms with Crippen molar-refractivity contribution in [1.29, 1.82) is 0 Å². The SMILES string of the molecule is Cc1ccc2[nH]c(=O)c(CCNC(=O)c3cc(-c4ccccc4)on3)cc2c1. The summed E-state index contributed by atoms with van der Waals surface area (Å²) >= 11 is 0. The molecule has 6 nitrogen and oxygen atoms in total. The number of aromatic amines is 1. The van der Waals surface area contributed by atoms with Gasteiger partial charge in [0.15, 0.2) is 11.5 Å². The summed E-state index contributed by atoms with van der Waals surface area (Å²) in [7, 11) is 0. The van der Waals surface area contributed by atoms with Crippen LogP contribution in [-0.2, 0) is 6.42 Å². The number of fused-ring (bicyclic) bond motifs is 1. The number of carbonyl (C=O) groups excluding carboxylic acids is 1. The number of aromatic nitrogens is 2. The third-order valence-corrected chi connectivity index (χ3v) is 4.56. The molecule has 0 atom stereocenters. The Balaban J connectivity index is 1.42. The van der Waals surface area contributed by atoms with Crippen molar-refractivity contribution in [2.24, 2.45) is 0 Å². The first-order valence-corrected chi connectivity index (χ1v) is 9.03. The van der Waals surface area contributed by atoms with Crippen LogP contribution in [0.2, 0.25) is 0 Å². The highest BCUT2D eigenvalue weighted by atomic mass is 16.5. The molecule has 0 aliphatic carbocycles. The maximum atomic E-state index is 12.3. The van der Waals surface area contributed by atoms with Crippen LogP contribution in [0.3, 0.4) is 0 Å². The van der Waals surface area contributed by atoms with Crippen molar-refractivity contribution >= 4 is 16.8 Å². The van der Waals surface area contributed by atoms with Gasteiger partial charge >= 0.3 is 0 Å². The number of aryl methyl sites for hydroxylation is 1. The number of hydrogen-bond acceptors (Lipinski definition) is 4. The van der Waals surface area contributed by atoms with Gasteiger partial charge in [-0.25, -0.2) is 0 Å². The number of amides is 1. The minimum absolute atomic E-state index is 0.140. The van der Waals surface area contributed by atoms with Crippen LogP contribution in [0.5, 0.6) is 0 Å². The summed E-state index contributed by atoms with van der Waals surface area (Å²) in [5.74, 6) is 0.200. The van der Waals surface area contributed by atoms with Crippen LogP contribution in [0.25, 0.3) is 22.2 Å². The predicted molar refractivity (Wildman–Crippen MR) is 107 cm³/mol. The number of carbonyl (C=O) groups is 1. The monoisotopic (exact) mass is 373 g/mol. The summed E-state index contributed by atoms with van der Waals surface area (Å²) in [5, 5.41) is 7.59. The highest BCUT2D eigenvalue weighted by Gasteiger charge is 2.13. The highest BCUT2D eigenvalue weighted by Crippen LogP contribution is 2.19. The Kier molecular flexibility index (Phi) is 4.76. The highest BCUT2D eigenvalue weighted by molar-refractivity contribution is 5.93. The molecule has 2 N–H and O–H groups in total. The second kappa shape index (κ2) is 7.52. The summed E-state index contributed by atoms with van der Waals surface area (Å²) in [6, 6.07) is 18.8. The zero-order valence-electron chi connectivity index (χ0n) is 15.4. The summed E-state index contributed by atoms with van der Waals surface area (Å²) in [6.07, 6.45) is 0.425. The van der Waals surface area contributed by atoms with Crippen molar-refractivity contribution < 1.29 is 9.32 Å². The van der Waals surface area contributed by atoms with E-state index in [1.165, 1.54) is 0 Å². The van der Waals surface area contributed by atoms with Crippen molar-refractivity contribution in [2.45, 2.75) is 13.3 Å². The van der Waals surface area contributed by atoms with E-state index in [4.69, 9.17) is 4.52 Å². The minimum Gasteiger partial charge on any atom is -0.355 e. The Morgan fingerprint density at radius 1 is 1.11 bits per heavy atom. The molecule has 2 heterocycles. The lowest BCUT2D eigenvalue weighted by atomic mass is 10.1. The number of nitrogens with one attached hydrogen (secondary N) is 2. The van der Waals surface area contributed by atoms with Crippen LogP contribution in [0.15, 0.2) is 70.0 Å². The van der Waals surface area contributed by atoms with Crippen LogP contribution in [0.4, 0.5) is 0 Å². The molecule has 28 heavy (non-hydrogen) atoms. The summed E-state index contributed by atoms with van der Waals surface area (Å²) < 4.78 is 5.25. The van der Waals surface area contributed by atoms with Gasteiger partial charge < -0.3 is 14.8 Å². The van der Waals surface area contributed by atoms with Gasteiger partial charge in [-0.1, -0.05) is 47.1 Å². The number of hydrogen-bond donors (Lipinski definition) is 2. The van der Waals surface area contributed by atoms with Gasteiger partial charge in [-0.3, -0.25) is 9.59 Å². The first kappa shape index (κ1) is 17.7. The molecule has 0 saturated heterocycles. The van der Waals surface area contributed by atoms with Gasteiger partial charge in [0.05, 0.1) is 0 Å². The van der Waals surface area contributed by atoms with E-state index in [0.29, 0.717) is 24.3 Å². The van der Waals surface area contributed by atoms with Crippen molar-refractivity contribution in [3.8, 4) is 11.3 Å². The first-order valence-electron chi connectivity index (χ1n) is 9.03. The van der Waals surface area contributed by atoms with Crippen molar-refractivity contribution in [1.82, 2.24) is 15.5 Å². The van der Waals surface area contributed by atoms with Crippen molar-refractivity contribution in [3.05, 3.63) is 87.8 Å². The Morgan fingerprint density at radius 3 is 2.75 bits per heavy atom. The molecule has 0 radical (unpaired) electrons. The molecule has 0 aliphatic rings. The second-order valence-corrected chi connectivity index (χ2v) is 6.66. The normalized spacial score (nSPS) is 10.9.